The normalized spacial score (nSPS) is 24.9. The fourth-order valence-corrected chi connectivity index (χ4v) is 2.02. The van der Waals surface area contributed by atoms with Crippen LogP contribution < -0.4 is 10.6 Å². The summed E-state index contributed by atoms with van der Waals surface area (Å²) in [6, 6.07) is 0.0590. The number of carbonyl (C=O) groups is 1. The molecule has 0 saturated carbocycles. The molecule has 1 heterocycles. The van der Waals surface area contributed by atoms with Crippen molar-refractivity contribution in [3.63, 3.8) is 0 Å². The van der Waals surface area contributed by atoms with Gasteiger partial charge in [-0.2, -0.15) is 13.2 Å². The smallest absolute Gasteiger partial charge is 0.351 e. The lowest BCUT2D eigenvalue weighted by Crippen LogP contribution is -2.52. The molecule has 8 heteroatoms. The van der Waals surface area contributed by atoms with E-state index in [2.05, 4.69) is 10.6 Å². The zero-order valence-electron chi connectivity index (χ0n) is 9.34. The molecule has 2 N–H and O–H groups in total. The average Bonchev–Trinajstić information content (AvgIpc) is 2.18. The van der Waals surface area contributed by atoms with Crippen LogP contribution in [-0.4, -0.2) is 35.8 Å². The van der Waals surface area contributed by atoms with E-state index < -0.39 is 17.2 Å². The van der Waals surface area contributed by atoms with E-state index in [0.29, 0.717) is 0 Å². The van der Waals surface area contributed by atoms with Gasteiger partial charge < -0.3 is 10.6 Å². The van der Waals surface area contributed by atoms with Crippen LogP contribution in [0.4, 0.5) is 13.2 Å². The first-order chi connectivity index (χ1) is 7.38. The lowest BCUT2D eigenvalue weighted by Gasteiger charge is -2.30. The molecule has 1 rings (SSSR count). The Labute approximate surface area is 109 Å². The van der Waals surface area contributed by atoms with Crippen LogP contribution in [0.5, 0.6) is 0 Å². The molecular weight excluding hydrogens is 277 g/mol. The fraction of sp³-hybridized carbons (Fsp3) is 0.889. The lowest BCUT2D eigenvalue weighted by atomic mass is 10.00. The molecule has 102 valence electrons. The highest BCUT2D eigenvalue weighted by Gasteiger charge is 2.30. The molecule has 0 aliphatic carbocycles. The largest absolute Gasteiger partial charge is 0.442 e. The van der Waals surface area contributed by atoms with Gasteiger partial charge in [-0.1, -0.05) is 0 Å². The van der Waals surface area contributed by atoms with Crippen molar-refractivity contribution in [1.82, 2.24) is 10.6 Å². The van der Waals surface area contributed by atoms with Gasteiger partial charge in [0, 0.05) is 12.1 Å². The van der Waals surface area contributed by atoms with Gasteiger partial charge in [-0.3, -0.25) is 4.79 Å². The third kappa shape index (κ3) is 7.00. The van der Waals surface area contributed by atoms with Crippen molar-refractivity contribution in [1.29, 1.82) is 0 Å². The molecule has 1 saturated heterocycles. The van der Waals surface area contributed by atoms with E-state index in [4.69, 9.17) is 0 Å². The Balaban J connectivity index is 0.00000256. The lowest BCUT2D eigenvalue weighted by molar-refractivity contribution is -0.119. The maximum atomic E-state index is 11.8. The summed E-state index contributed by atoms with van der Waals surface area (Å²) in [5.41, 5.74) is -4.34. The van der Waals surface area contributed by atoms with E-state index in [0.717, 1.165) is 19.4 Å². The number of carbonyl (C=O) groups excluding carboxylic acids is 1. The molecule has 2 unspecified atom stereocenters. The summed E-state index contributed by atoms with van der Waals surface area (Å²) in [6.45, 7) is 2.81. The van der Waals surface area contributed by atoms with Crippen LogP contribution in [0.2, 0.25) is 0 Å². The van der Waals surface area contributed by atoms with E-state index in [-0.39, 0.29) is 36.3 Å². The van der Waals surface area contributed by atoms with E-state index in [1.165, 1.54) is 0 Å². The highest BCUT2D eigenvalue weighted by Crippen LogP contribution is 2.29. The molecule has 1 amide bonds. The molecule has 3 nitrogen and oxygen atoms in total. The van der Waals surface area contributed by atoms with Crippen LogP contribution in [-0.2, 0) is 4.79 Å². The molecule has 0 radical (unpaired) electrons. The second-order valence-electron chi connectivity index (χ2n) is 3.79. The Bertz CT molecular complexity index is 253. The monoisotopic (exact) mass is 292 g/mol. The minimum atomic E-state index is -4.34. The summed E-state index contributed by atoms with van der Waals surface area (Å²) in [7, 11) is 0. The Morgan fingerprint density at radius 1 is 1.53 bits per heavy atom. The predicted octanol–water partition coefficient (Wildman–Crippen LogP) is 1.92. The van der Waals surface area contributed by atoms with E-state index in [9.17, 15) is 18.0 Å². The Kier molecular flexibility index (Phi) is 7.27. The van der Waals surface area contributed by atoms with Gasteiger partial charge in [-0.15, -0.1) is 12.4 Å². The molecule has 0 aromatic carbocycles. The van der Waals surface area contributed by atoms with Gasteiger partial charge in [0.05, 0.1) is 5.75 Å². The number of amides is 1. The molecule has 0 bridgehead atoms. The number of alkyl halides is 3. The SMILES string of the molecule is CC1NCCCC1NC(=O)CSC(F)(F)F.Cl. The van der Waals surface area contributed by atoms with Gasteiger partial charge >= 0.3 is 5.51 Å². The van der Waals surface area contributed by atoms with Crippen molar-refractivity contribution < 1.29 is 18.0 Å². The summed E-state index contributed by atoms with van der Waals surface area (Å²) in [5.74, 6) is -1.12. The van der Waals surface area contributed by atoms with Crippen LogP contribution >= 0.6 is 24.2 Å². The molecule has 1 aliphatic heterocycles. The van der Waals surface area contributed by atoms with Gasteiger partial charge in [0.1, 0.15) is 0 Å². The molecule has 1 fully saturated rings. The third-order valence-electron chi connectivity index (χ3n) is 2.48. The summed E-state index contributed by atoms with van der Waals surface area (Å²) < 4.78 is 35.5. The summed E-state index contributed by atoms with van der Waals surface area (Å²) in [5, 5.41) is 5.78. The summed E-state index contributed by atoms with van der Waals surface area (Å²) in [4.78, 5) is 11.2. The van der Waals surface area contributed by atoms with Crippen molar-refractivity contribution in [2.75, 3.05) is 12.3 Å². The molecule has 0 spiro atoms. The minimum Gasteiger partial charge on any atom is -0.351 e. The van der Waals surface area contributed by atoms with Gasteiger partial charge in [0.2, 0.25) is 5.91 Å². The number of piperidine rings is 1. The first-order valence-corrected chi connectivity index (χ1v) is 6.10. The number of thioether (sulfide) groups is 1. The highest BCUT2D eigenvalue weighted by molar-refractivity contribution is 8.00. The average molecular weight is 293 g/mol. The van der Waals surface area contributed by atoms with Gasteiger partial charge in [0.15, 0.2) is 0 Å². The fourth-order valence-electron chi connectivity index (χ4n) is 1.64. The van der Waals surface area contributed by atoms with E-state index in [1.807, 2.05) is 6.92 Å². The van der Waals surface area contributed by atoms with Crippen LogP contribution in [0.3, 0.4) is 0 Å². The number of hydrogen-bond donors (Lipinski definition) is 2. The van der Waals surface area contributed by atoms with Crippen molar-refractivity contribution in [3.05, 3.63) is 0 Å². The van der Waals surface area contributed by atoms with Crippen LogP contribution in [0.15, 0.2) is 0 Å². The van der Waals surface area contributed by atoms with E-state index in [1.54, 1.807) is 0 Å². The number of halogens is 4. The second kappa shape index (κ2) is 7.33. The minimum absolute atomic E-state index is 0. The van der Waals surface area contributed by atoms with Crippen molar-refractivity contribution in [2.45, 2.75) is 37.4 Å². The van der Waals surface area contributed by atoms with Crippen LogP contribution in [0.1, 0.15) is 19.8 Å². The molecule has 0 aromatic rings. The van der Waals surface area contributed by atoms with Gasteiger partial charge in [-0.25, -0.2) is 0 Å². The molecule has 1 aliphatic rings. The van der Waals surface area contributed by atoms with Crippen LogP contribution in [0, 0.1) is 0 Å². The van der Waals surface area contributed by atoms with Crippen molar-refractivity contribution in [3.8, 4) is 0 Å². The van der Waals surface area contributed by atoms with Crippen LogP contribution in [0.25, 0.3) is 0 Å². The topological polar surface area (TPSA) is 41.1 Å². The number of nitrogens with one attached hydrogen (secondary N) is 2. The maximum absolute atomic E-state index is 11.8. The molecular formula is C9H16ClF3N2OS. The first-order valence-electron chi connectivity index (χ1n) is 5.12. The quantitative estimate of drug-likeness (QED) is 0.835. The number of rotatable bonds is 3. The summed E-state index contributed by atoms with van der Waals surface area (Å²) in [6.07, 6.45) is 1.75. The van der Waals surface area contributed by atoms with E-state index >= 15 is 0 Å². The van der Waals surface area contributed by atoms with Crippen molar-refractivity contribution >= 4 is 30.1 Å². The number of hydrogen-bond acceptors (Lipinski definition) is 3. The Hall–Kier alpha value is -0.140. The molecule has 17 heavy (non-hydrogen) atoms. The predicted molar refractivity (Wildman–Crippen MR) is 64.4 cm³/mol. The maximum Gasteiger partial charge on any atom is 0.442 e. The molecule has 0 aromatic heterocycles. The molecule has 2 atom stereocenters. The van der Waals surface area contributed by atoms with Gasteiger partial charge in [-0.05, 0) is 38.1 Å². The Morgan fingerprint density at radius 3 is 2.71 bits per heavy atom. The Morgan fingerprint density at radius 2 is 2.18 bits per heavy atom. The van der Waals surface area contributed by atoms with Crippen molar-refractivity contribution in [2.24, 2.45) is 0 Å². The summed E-state index contributed by atoms with van der Waals surface area (Å²) >= 11 is -0.301. The second-order valence-corrected chi connectivity index (χ2v) is 4.83. The first kappa shape index (κ1) is 16.9. The highest BCUT2D eigenvalue weighted by atomic mass is 35.5. The zero-order valence-corrected chi connectivity index (χ0v) is 11.0. The standard InChI is InChI=1S/C9H15F3N2OS.ClH/c1-6-7(3-2-4-13-6)14-8(15)5-16-9(10,11)12;/h6-7,13H,2-5H2,1H3,(H,14,15);1H. The third-order valence-corrected chi connectivity index (χ3v) is 3.21. The van der Waals surface area contributed by atoms with Gasteiger partial charge in [0.25, 0.3) is 0 Å². The zero-order chi connectivity index (χ0) is 12.2.